The van der Waals surface area contributed by atoms with Crippen LogP contribution in [0.5, 0.6) is 0 Å². The van der Waals surface area contributed by atoms with Gasteiger partial charge in [0.2, 0.25) is 5.91 Å². The number of carbonyl (C=O) groups is 2. The second-order valence-electron chi connectivity index (χ2n) is 3.19. The number of pyridine rings is 1. The van der Waals surface area contributed by atoms with Crippen LogP contribution in [0.15, 0.2) is 12.1 Å². The van der Waals surface area contributed by atoms with Gasteiger partial charge in [-0.2, -0.15) is 13.2 Å². The van der Waals surface area contributed by atoms with Crippen LogP contribution in [0, 0.1) is 0 Å². The zero-order valence-corrected chi connectivity index (χ0v) is 8.28. The first kappa shape index (κ1) is 12.9. The molecule has 0 bridgehead atoms. The average Bonchev–Trinajstić information content (AvgIpc) is 2.14. The molecule has 0 saturated heterocycles. The number of hydrogen-bond donors (Lipinski definition) is 2. The Labute approximate surface area is 93.1 Å². The van der Waals surface area contributed by atoms with Crippen molar-refractivity contribution in [2.45, 2.75) is 12.6 Å². The highest BCUT2D eigenvalue weighted by Crippen LogP contribution is 2.28. The van der Waals surface area contributed by atoms with Crippen LogP contribution in [0.25, 0.3) is 0 Å². The maximum atomic E-state index is 12.4. The van der Waals surface area contributed by atoms with E-state index in [0.717, 1.165) is 6.07 Å². The molecule has 0 radical (unpaired) electrons. The van der Waals surface area contributed by atoms with Crippen LogP contribution in [-0.4, -0.2) is 22.0 Å². The molecule has 1 rings (SSSR count). The van der Waals surface area contributed by atoms with Gasteiger partial charge in [0.15, 0.2) is 0 Å². The smallest absolute Gasteiger partial charge is 0.433 e. The Bertz CT molecular complexity index is 471. The van der Waals surface area contributed by atoms with E-state index in [0.29, 0.717) is 6.07 Å². The molecular weight excluding hydrogens is 241 g/mol. The Balaban J connectivity index is 3.28. The molecule has 0 aliphatic rings. The number of carboxylic acid groups (broad SMARTS) is 1. The predicted molar refractivity (Wildman–Crippen MR) is 49.1 cm³/mol. The first-order chi connectivity index (χ1) is 7.70. The highest BCUT2D eigenvalue weighted by atomic mass is 19.4. The average molecular weight is 248 g/mol. The number of alkyl halides is 3. The highest BCUT2D eigenvalue weighted by molar-refractivity contribution is 5.86. The Kier molecular flexibility index (Phi) is 3.35. The van der Waals surface area contributed by atoms with E-state index in [1.54, 1.807) is 0 Å². The second-order valence-corrected chi connectivity index (χ2v) is 3.19. The summed E-state index contributed by atoms with van der Waals surface area (Å²) >= 11 is 0. The van der Waals surface area contributed by atoms with Gasteiger partial charge >= 0.3 is 12.1 Å². The summed E-state index contributed by atoms with van der Waals surface area (Å²) in [5, 5.41) is 8.59. The molecule has 0 unspecified atom stereocenters. The van der Waals surface area contributed by atoms with Crippen LogP contribution in [0.3, 0.4) is 0 Å². The number of carboxylic acids is 1. The van der Waals surface area contributed by atoms with E-state index in [2.05, 4.69) is 4.98 Å². The fraction of sp³-hybridized carbons (Fsp3) is 0.222. The molecule has 0 fully saturated rings. The summed E-state index contributed by atoms with van der Waals surface area (Å²) in [5.41, 5.74) is 2.53. The van der Waals surface area contributed by atoms with Crippen molar-refractivity contribution in [3.8, 4) is 0 Å². The van der Waals surface area contributed by atoms with Gasteiger partial charge in [-0.25, -0.2) is 9.78 Å². The van der Waals surface area contributed by atoms with Gasteiger partial charge in [0.1, 0.15) is 11.4 Å². The van der Waals surface area contributed by atoms with Gasteiger partial charge < -0.3 is 10.8 Å². The molecule has 0 aliphatic heterocycles. The van der Waals surface area contributed by atoms with Gasteiger partial charge in [-0.05, 0) is 17.7 Å². The molecular formula is C9H7F3N2O3. The molecule has 3 N–H and O–H groups in total. The van der Waals surface area contributed by atoms with E-state index in [1.807, 2.05) is 0 Å². The lowest BCUT2D eigenvalue weighted by Gasteiger charge is -2.08. The van der Waals surface area contributed by atoms with Crippen LogP contribution in [0.2, 0.25) is 0 Å². The van der Waals surface area contributed by atoms with Crippen LogP contribution in [0.4, 0.5) is 13.2 Å². The van der Waals surface area contributed by atoms with Gasteiger partial charge in [0, 0.05) is 0 Å². The summed E-state index contributed by atoms with van der Waals surface area (Å²) in [7, 11) is 0. The number of amides is 1. The maximum absolute atomic E-state index is 12.4. The van der Waals surface area contributed by atoms with E-state index >= 15 is 0 Å². The van der Waals surface area contributed by atoms with Crippen molar-refractivity contribution in [3.05, 3.63) is 29.1 Å². The number of nitrogens with zero attached hydrogens (tertiary/aromatic N) is 1. The van der Waals surface area contributed by atoms with E-state index in [-0.39, 0.29) is 5.56 Å². The first-order valence-corrected chi connectivity index (χ1v) is 4.30. The van der Waals surface area contributed by atoms with Gasteiger partial charge in [-0.1, -0.05) is 0 Å². The van der Waals surface area contributed by atoms with E-state index < -0.39 is 35.9 Å². The van der Waals surface area contributed by atoms with Crippen LogP contribution in [-0.2, 0) is 17.4 Å². The molecule has 0 spiro atoms. The number of aromatic carboxylic acids is 1. The largest absolute Gasteiger partial charge is 0.477 e. The van der Waals surface area contributed by atoms with Crippen LogP contribution >= 0.6 is 0 Å². The summed E-state index contributed by atoms with van der Waals surface area (Å²) in [6, 6.07) is 1.47. The molecule has 0 saturated carbocycles. The van der Waals surface area contributed by atoms with Gasteiger partial charge in [-0.3, -0.25) is 4.79 Å². The minimum absolute atomic E-state index is 0.141. The summed E-state index contributed by atoms with van der Waals surface area (Å²) in [6.07, 6.45) is -5.26. The zero-order valence-electron chi connectivity index (χ0n) is 8.28. The topological polar surface area (TPSA) is 93.3 Å². The third-order valence-corrected chi connectivity index (χ3v) is 1.77. The van der Waals surface area contributed by atoms with Gasteiger partial charge in [0.05, 0.1) is 6.42 Å². The zero-order chi connectivity index (χ0) is 13.2. The second kappa shape index (κ2) is 4.40. The number of rotatable bonds is 3. The minimum atomic E-state index is -4.78. The normalized spacial score (nSPS) is 11.2. The third kappa shape index (κ3) is 3.44. The summed E-state index contributed by atoms with van der Waals surface area (Å²) in [4.78, 5) is 24.1. The highest BCUT2D eigenvalue weighted by Gasteiger charge is 2.33. The van der Waals surface area contributed by atoms with E-state index in [9.17, 15) is 22.8 Å². The molecule has 5 nitrogen and oxygen atoms in total. The lowest BCUT2D eigenvalue weighted by molar-refractivity contribution is -0.141. The molecule has 1 heterocycles. The van der Waals surface area contributed by atoms with Gasteiger partial charge in [0.25, 0.3) is 0 Å². The SMILES string of the molecule is NC(=O)Cc1cc(C(=O)O)nc(C(F)(F)F)c1. The first-order valence-electron chi connectivity index (χ1n) is 4.30. The fourth-order valence-corrected chi connectivity index (χ4v) is 1.15. The quantitative estimate of drug-likeness (QED) is 0.828. The van der Waals surface area contributed by atoms with Crippen LogP contribution in [0.1, 0.15) is 21.7 Å². The molecule has 1 aromatic rings. The Morgan fingerprint density at radius 3 is 2.35 bits per heavy atom. The van der Waals surface area contributed by atoms with Crippen molar-refractivity contribution in [1.29, 1.82) is 0 Å². The molecule has 0 atom stereocenters. The number of carbonyl (C=O) groups excluding carboxylic acids is 1. The van der Waals surface area contributed by atoms with Crippen molar-refractivity contribution in [3.63, 3.8) is 0 Å². The number of primary amides is 1. The number of halogens is 3. The summed E-state index contributed by atoms with van der Waals surface area (Å²) in [5.74, 6) is -2.47. The monoisotopic (exact) mass is 248 g/mol. The standard InChI is InChI=1S/C9H7F3N2O3/c10-9(11,12)6-2-4(3-7(13)15)1-5(14-6)8(16)17/h1-2H,3H2,(H2,13,15)(H,16,17). The summed E-state index contributed by atoms with van der Waals surface area (Å²) in [6.45, 7) is 0. The molecule has 92 valence electrons. The van der Waals surface area contributed by atoms with Crippen molar-refractivity contribution in [1.82, 2.24) is 4.98 Å². The maximum Gasteiger partial charge on any atom is 0.433 e. The minimum Gasteiger partial charge on any atom is -0.477 e. The molecule has 17 heavy (non-hydrogen) atoms. The van der Waals surface area contributed by atoms with Crippen molar-refractivity contribution in [2.75, 3.05) is 0 Å². The number of hydrogen-bond acceptors (Lipinski definition) is 3. The lowest BCUT2D eigenvalue weighted by atomic mass is 10.1. The van der Waals surface area contributed by atoms with E-state index in [4.69, 9.17) is 10.8 Å². The van der Waals surface area contributed by atoms with E-state index in [1.165, 1.54) is 0 Å². The Hall–Kier alpha value is -2.12. The number of aromatic nitrogens is 1. The predicted octanol–water partition coefficient (Wildman–Crippen LogP) is 0.826. The molecule has 1 aromatic heterocycles. The van der Waals surface area contributed by atoms with Gasteiger partial charge in [-0.15, -0.1) is 0 Å². The third-order valence-electron chi connectivity index (χ3n) is 1.77. The fourth-order valence-electron chi connectivity index (χ4n) is 1.15. The number of nitrogens with two attached hydrogens (primary N) is 1. The molecule has 8 heteroatoms. The molecule has 0 aromatic carbocycles. The lowest BCUT2D eigenvalue weighted by Crippen LogP contribution is -2.17. The molecule has 1 amide bonds. The van der Waals surface area contributed by atoms with Crippen LogP contribution < -0.4 is 5.73 Å². The Morgan fingerprint density at radius 1 is 1.35 bits per heavy atom. The van der Waals surface area contributed by atoms with Crippen molar-refractivity contribution >= 4 is 11.9 Å². The van der Waals surface area contributed by atoms with Crippen molar-refractivity contribution in [2.24, 2.45) is 5.73 Å². The Morgan fingerprint density at radius 2 is 1.94 bits per heavy atom. The molecule has 0 aliphatic carbocycles. The van der Waals surface area contributed by atoms with Crippen molar-refractivity contribution < 1.29 is 27.9 Å². The summed E-state index contributed by atoms with van der Waals surface area (Å²) < 4.78 is 37.1.